The molecule has 3 N–H and O–H groups in total. The Morgan fingerprint density at radius 3 is 2.35 bits per heavy atom. The minimum absolute atomic E-state index is 0.0339. The average Bonchev–Trinajstić information content (AvgIpc) is 2.61. The third-order valence-corrected chi connectivity index (χ3v) is 4.03. The molecule has 6 nitrogen and oxygen atoms in total. The van der Waals surface area contributed by atoms with Crippen molar-refractivity contribution < 1.29 is 18.4 Å². The predicted octanol–water partition coefficient (Wildman–Crippen LogP) is 1.54. The minimum atomic E-state index is -0.856. The van der Waals surface area contributed by atoms with E-state index in [1.165, 1.54) is 13.1 Å². The molecule has 0 saturated carbocycles. The summed E-state index contributed by atoms with van der Waals surface area (Å²) in [5.41, 5.74) is 0.0425. The minimum Gasteiger partial charge on any atom is -0.348 e. The normalized spacial score (nSPS) is 16.3. The van der Waals surface area contributed by atoms with Gasteiger partial charge in [-0.2, -0.15) is 0 Å². The molecule has 0 radical (unpaired) electrons. The van der Waals surface area contributed by atoms with E-state index in [0.29, 0.717) is 6.07 Å². The van der Waals surface area contributed by atoms with Crippen molar-refractivity contribution in [1.29, 1.82) is 0 Å². The molecule has 26 heavy (non-hydrogen) atoms. The van der Waals surface area contributed by atoms with Crippen LogP contribution in [0, 0.1) is 11.6 Å². The lowest BCUT2D eigenvalue weighted by Crippen LogP contribution is -2.46. The number of amides is 2. The smallest absolute Gasteiger partial charge is 0.271 e. The highest BCUT2D eigenvalue weighted by atomic mass is 19.1. The summed E-state index contributed by atoms with van der Waals surface area (Å²) in [6.07, 6.45) is 3.13. The number of hydrogen-bond donors (Lipinski definition) is 3. The average molecular weight is 364 g/mol. The van der Waals surface area contributed by atoms with Crippen LogP contribution in [-0.4, -0.2) is 43.7 Å². The summed E-state index contributed by atoms with van der Waals surface area (Å²) in [4.78, 5) is 28.7. The van der Waals surface area contributed by atoms with Gasteiger partial charge >= 0.3 is 0 Å². The highest BCUT2D eigenvalue weighted by Gasteiger charge is 2.22. The molecule has 2 rings (SSSR count). The Balaban J connectivity index is 2.09. The Morgan fingerprint density at radius 1 is 1.19 bits per heavy atom. The zero-order chi connectivity index (χ0) is 19.1. The first-order chi connectivity index (χ1) is 12.4. The van der Waals surface area contributed by atoms with E-state index in [4.69, 9.17) is 0 Å². The second-order valence-corrected chi connectivity index (χ2v) is 5.88. The van der Waals surface area contributed by atoms with Gasteiger partial charge in [0.05, 0.1) is 5.70 Å². The van der Waals surface area contributed by atoms with Crippen molar-refractivity contribution in [3.8, 4) is 0 Å². The van der Waals surface area contributed by atoms with Crippen LogP contribution < -0.4 is 16.0 Å². The fourth-order valence-corrected chi connectivity index (χ4v) is 2.71. The van der Waals surface area contributed by atoms with Crippen molar-refractivity contribution in [1.82, 2.24) is 16.0 Å². The Labute approximate surface area is 150 Å². The maximum Gasteiger partial charge on any atom is 0.271 e. The van der Waals surface area contributed by atoms with Crippen LogP contribution in [0.2, 0.25) is 0 Å². The van der Waals surface area contributed by atoms with Crippen molar-refractivity contribution in [2.24, 2.45) is 4.99 Å². The molecule has 1 aromatic rings. The van der Waals surface area contributed by atoms with Crippen molar-refractivity contribution in [2.75, 3.05) is 20.1 Å². The molecule has 1 aromatic carbocycles. The van der Waals surface area contributed by atoms with Gasteiger partial charge in [0.15, 0.2) is 0 Å². The second-order valence-electron chi connectivity index (χ2n) is 5.88. The Morgan fingerprint density at radius 2 is 1.81 bits per heavy atom. The number of rotatable bonds is 5. The van der Waals surface area contributed by atoms with E-state index < -0.39 is 23.4 Å². The molecule has 0 aliphatic carbocycles. The van der Waals surface area contributed by atoms with Gasteiger partial charge in [0.1, 0.15) is 17.3 Å². The first-order valence-corrected chi connectivity index (χ1v) is 8.37. The quantitative estimate of drug-likeness (QED) is 0.693. The Hall–Kier alpha value is -2.61. The summed E-state index contributed by atoms with van der Waals surface area (Å²) in [6.45, 7) is 3.27. The van der Waals surface area contributed by atoms with Crippen LogP contribution >= 0.6 is 0 Å². The number of piperidine rings is 1. The molecule has 0 aromatic heterocycles. The molecule has 0 bridgehead atoms. The summed E-state index contributed by atoms with van der Waals surface area (Å²) in [6, 6.07) is 2.55. The number of nitrogens with zero attached hydrogens (tertiary/aromatic N) is 1. The van der Waals surface area contributed by atoms with E-state index >= 15 is 0 Å². The van der Waals surface area contributed by atoms with Crippen molar-refractivity contribution >= 4 is 17.5 Å². The zero-order valence-corrected chi connectivity index (χ0v) is 14.7. The summed E-state index contributed by atoms with van der Waals surface area (Å²) >= 11 is 0. The van der Waals surface area contributed by atoms with Gasteiger partial charge in [0.2, 0.25) is 0 Å². The first kappa shape index (κ1) is 19.7. The highest BCUT2D eigenvalue weighted by molar-refractivity contribution is 6.45. The van der Waals surface area contributed by atoms with Crippen molar-refractivity contribution in [3.05, 3.63) is 47.2 Å². The van der Waals surface area contributed by atoms with Gasteiger partial charge in [-0.1, -0.05) is 6.08 Å². The third kappa shape index (κ3) is 5.19. The lowest BCUT2D eigenvalue weighted by molar-refractivity contribution is -0.115. The van der Waals surface area contributed by atoms with Gasteiger partial charge in [0.25, 0.3) is 11.8 Å². The highest BCUT2D eigenvalue weighted by Crippen LogP contribution is 2.09. The number of carbonyl (C=O) groups is 2. The van der Waals surface area contributed by atoms with Crippen LogP contribution in [0.4, 0.5) is 8.78 Å². The molecule has 1 saturated heterocycles. The fourth-order valence-electron chi connectivity index (χ4n) is 2.71. The maximum absolute atomic E-state index is 13.3. The van der Waals surface area contributed by atoms with Crippen molar-refractivity contribution in [2.45, 2.75) is 25.8 Å². The number of allylic oxidation sites excluding steroid dienone is 1. The number of aliphatic imine (C=N–C) groups is 1. The van der Waals surface area contributed by atoms with Gasteiger partial charge in [0, 0.05) is 24.7 Å². The molecule has 1 heterocycles. The standard InChI is InChI=1S/C18H22F2N4O2/c1-3-15(24-17(25)11-8-12(19)10-13(20)9-11)16(21-2)18(26)23-14-4-6-22-7-5-14/h3,8-10,14,22H,4-7H2,1-2H3,(H,23,26)(H,24,25)/b15-3+,21-16?. The van der Waals surface area contributed by atoms with Crippen LogP contribution in [0.1, 0.15) is 30.1 Å². The first-order valence-electron chi connectivity index (χ1n) is 8.37. The van der Waals surface area contributed by atoms with Crippen LogP contribution in [-0.2, 0) is 4.79 Å². The molecule has 0 spiro atoms. The maximum atomic E-state index is 13.3. The lowest BCUT2D eigenvalue weighted by Gasteiger charge is -2.24. The van der Waals surface area contributed by atoms with Crippen LogP contribution in [0.3, 0.4) is 0 Å². The SMILES string of the molecule is C/C=C(/NC(=O)c1cc(F)cc(F)c1)C(=NC)C(=O)NC1CCNCC1. The summed E-state index contributed by atoms with van der Waals surface area (Å²) in [7, 11) is 1.44. The molecule has 1 aliphatic rings. The number of benzene rings is 1. The molecule has 140 valence electrons. The lowest BCUT2D eigenvalue weighted by atomic mass is 10.1. The van der Waals surface area contributed by atoms with E-state index in [1.807, 2.05) is 0 Å². The number of hydrogen-bond acceptors (Lipinski definition) is 4. The molecule has 8 heteroatoms. The van der Waals surface area contributed by atoms with E-state index in [2.05, 4.69) is 20.9 Å². The second kappa shape index (κ2) is 9.19. The van der Waals surface area contributed by atoms with Crippen LogP contribution in [0.25, 0.3) is 0 Å². The van der Waals surface area contributed by atoms with E-state index in [0.717, 1.165) is 38.1 Å². The Kier molecular flexibility index (Phi) is 6.97. The summed E-state index contributed by atoms with van der Waals surface area (Å²) in [5.74, 6) is -2.85. The summed E-state index contributed by atoms with van der Waals surface area (Å²) in [5, 5.41) is 8.59. The third-order valence-electron chi connectivity index (χ3n) is 4.03. The number of halogens is 2. The van der Waals surface area contributed by atoms with Gasteiger partial charge < -0.3 is 16.0 Å². The van der Waals surface area contributed by atoms with Crippen LogP contribution in [0.15, 0.2) is 35.0 Å². The molecule has 2 amide bonds. The number of nitrogens with one attached hydrogen (secondary N) is 3. The predicted molar refractivity (Wildman–Crippen MR) is 95.0 cm³/mol. The molecular weight excluding hydrogens is 342 g/mol. The van der Waals surface area contributed by atoms with E-state index in [-0.39, 0.29) is 23.0 Å². The van der Waals surface area contributed by atoms with Gasteiger partial charge in [-0.3, -0.25) is 14.6 Å². The van der Waals surface area contributed by atoms with E-state index in [1.54, 1.807) is 6.92 Å². The number of carbonyl (C=O) groups excluding carboxylic acids is 2. The topological polar surface area (TPSA) is 82.6 Å². The molecular formula is C18H22F2N4O2. The largest absolute Gasteiger partial charge is 0.348 e. The molecule has 0 atom stereocenters. The Bertz CT molecular complexity index is 720. The van der Waals surface area contributed by atoms with Crippen molar-refractivity contribution in [3.63, 3.8) is 0 Å². The monoisotopic (exact) mass is 364 g/mol. The fraction of sp³-hybridized carbons (Fsp3) is 0.389. The molecule has 1 aliphatic heterocycles. The van der Waals surface area contributed by atoms with Gasteiger partial charge in [-0.25, -0.2) is 8.78 Å². The van der Waals surface area contributed by atoms with Gasteiger partial charge in [-0.15, -0.1) is 0 Å². The van der Waals surface area contributed by atoms with E-state index in [9.17, 15) is 18.4 Å². The molecule has 0 unspecified atom stereocenters. The zero-order valence-electron chi connectivity index (χ0n) is 14.7. The summed E-state index contributed by atoms with van der Waals surface area (Å²) < 4.78 is 26.6. The molecule has 1 fully saturated rings. The van der Waals surface area contributed by atoms with Crippen LogP contribution in [0.5, 0.6) is 0 Å². The van der Waals surface area contributed by atoms with Gasteiger partial charge in [-0.05, 0) is 45.0 Å².